The molecule has 0 spiro atoms. The van der Waals surface area contributed by atoms with Crippen molar-refractivity contribution in [3.05, 3.63) is 64.2 Å². The van der Waals surface area contributed by atoms with Crippen LogP contribution in [0, 0.1) is 0 Å². The van der Waals surface area contributed by atoms with Crippen LogP contribution in [-0.2, 0) is 0 Å². The summed E-state index contributed by atoms with van der Waals surface area (Å²) >= 11 is 0. The number of allylic oxidation sites excluding steroid dienone is 2. The highest BCUT2D eigenvalue weighted by molar-refractivity contribution is 6.39. The maximum absolute atomic E-state index is 12.4. The van der Waals surface area contributed by atoms with Crippen molar-refractivity contribution in [1.29, 1.82) is 0 Å². The predicted molar refractivity (Wildman–Crippen MR) is 67.9 cm³/mol. The quantitative estimate of drug-likeness (QED) is 0.548. The lowest BCUT2D eigenvalue weighted by atomic mass is 9.78. The van der Waals surface area contributed by atoms with Gasteiger partial charge in [-0.15, -0.1) is 0 Å². The second-order valence-electron chi connectivity index (χ2n) is 4.36. The Kier molecular flexibility index (Phi) is 2.38. The minimum Gasteiger partial charge on any atom is -0.361 e. The maximum atomic E-state index is 12.4. The molecule has 0 aliphatic heterocycles. The largest absolute Gasteiger partial charge is 0.361 e. The fraction of sp³-hybridized carbons (Fsp3) is 0.0714. The monoisotopic (exact) mass is 251 g/mol. The van der Waals surface area contributed by atoms with Crippen LogP contribution in [0.25, 0.3) is 5.53 Å². The predicted octanol–water partition coefficient (Wildman–Crippen LogP) is 0.930. The third kappa shape index (κ3) is 1.46. The van der Waals surface area contributed by atoms with Gasteiger partial charge >= 0.3 is 5.71 Å². The fourth-order valence-corrected chi connectivity index (χ4v) is 2.38. The average Bonchev–Trinajstić information content (AvgIpc) is 2.44. The summed E-state index contributed by atoms with van der Waals surface area (Å²) < 4.78 is 0. The molecule has 3 rings (SSSR count). The van der Waals surface area contributed by atoms with E-state index in [0.717, 1.165) is 0 Å². The van der Waals surface area contributed by atoms with Gasteiger partial charge < -0.3 is 11.3 Å². The highest BCUT2D eigenvalue weighted by Crippen LogP contribution is 2.30. The van der Waals surface area contributed by atoms with E-state index >= 15 is 0 Å². The number of fused-ring (bicyclic) bond motifs is 1. The molecule has 92 valence electrons. The second-order valence-corrected chi connectivity index (χ2v) is 4.36. The van der Waals surface area contributed by atoms with Crippen molar-refractivity contribution in [2.45, 2.75) is 6.04 Å². The molecular weight excluding hydrogens is 242 g/mol. The van der Waals surface area contributed by atoms with Gasteiger partial charge in [-0.05, 0) is 0 Å². The Bertz CT molecular complexity index is 737. The summed E-state index contributed by atoms with van der Waals surface area (Å²) in [6, 6.07) is 5.89. The molecule has 5 heteroatoms. The van der Waals surface area contributed by atoms with E-state index in [9.17, 15) is 9.59 Å². The Morgan fingerprint density at radius 3 is 2.37 bits per heavy atom. The zero-order valence-electron chi connectivity index (χ0n) is 9.83. The average molecular weight is 251 g/mol. The number of ketones is 2. The molecule has 19 heavy (non-hydrogen) atoms. The van der Waals surface area contributed by atoms with Gasteiger partial charge in [0.15, 0.2) is 5.78 Å². The van der Waals surface area contributed by atoms with Crippen molar-refractivity contribution in [1.82, 2.24) is 0 Å². The topological polar surface area (TPSA) is 96.6 Å². The van der Waals surface area contributed by atoms with Gasteiger partial charge in [0.05, 0.1) is 0 Å². The van der Waals surface area contributed by atoms with Gasteiger partial charge in [-0.2, -0.15) is 4.79 Å². The summed E-state index contributed by atoms with van der Waals surface area (Å²) in [5, 5.41) is 0. The molecule has 2 aliphatic rings. The molecule has 0 amide bonds. The van der Waals surface area contributed by atoms with Crippen molar-refractivity contribution in [2.24, 2.45) is 5.73 Å². The first kappa shape index (κ1) is 11.5. The molecule has 0 heterocycles. The Labute approximate surface area is 108 Å². The van der Waals surface area contributed by atoms with Crippen molar-refractivity contribution in [3.8, 4) is 0 Å². The minimum atomic E-state index is -0.689. The van der Waals surface area contributed by atoms with Gasteiger partial charge in [-0.1, -0.05) is 36.4 Å². The number of hydrogen-bond acceptors (Lipinski definition) is 3. The SMILES string of the molecule is [N-]=[N+]=C1C2=C(C=CC1N)C(=O)c1ccccc1C2=O. The summed E-state index contributed by atoms with van der Waals surface area (Å²) in [4.78, 5) is 27.8. The van der Waals surface area contributed by atoms with Gasteiger partial charge in [0.25, 0.3) is 0 Å². The summed E-state index contributed by atoms with van der Waals surface area (Å²) in [7, 11) is 0. The molecule has 2 N–H and O–H groups in total. The van der Waals surface area contributed by atoms with Crippen LogP contribution in [0.2, 0.25) is 0 Å². The lowest BCUT2D eigenvalue weighted by Gasteiger charge is -2.20. The third-order valence-corrected chi connectivity index (χ3v) is 3.31. The third-order valence-electron chi connectivity index (χ3n) is 3.31. The lowest BCUT2D eigenvalue weighted by Crippen LogP contribution is -2.39. The van der Waals surface area contributed by atoms with E-state index in [0.29, 0.717) is 11.1 Å². The molecule has 5 nitrogen and oxygen atoms in total. The van der Waals surface area contributed by atoms with Crippen LogP contribution in [0.1, 0.15) is 20.7 Å². The maximum Gasteiger partial charge on any atom is 0.324 e. The van der Waals surface area contributed by atoms with E-state index in [-0.39, 0.29) is 28.4 Å². The van der Waals surface area contributed by atoms with Crippen LogP contribution < -0.4 is 5.73 Å². The number of nitrogens with zero attached hydrogens (tertiary/aromatic N) is 2. The molecule has 0 fully saturated rings. The van der Waals surface area contributed by atoms with Crippen LogP contribution in [0.5, 0.6) is 0 Å². The number of carbonyl (C=O) groups is 2. The van der Waals surface area contributed by atoms with E-state index in [1.54, 1.807) is 24.3 Å². The normalized spacial score (nSPS) is 21.1. The van der Waals surface area contributed by atoms with Gasteiger partial charge in [0, 0.05) is 16.7 Å². The van der Waals surface area contributed by atoms with Gasteiger partial charge in [-0.25, -0.2) is 0 Å². The molecule has 0 saturated carbocycles. The van der Waals surface area contributed by atoms with E-state index in [1.165, 1.54) is 12.2 Å². The highest BCUT2D eigenvalue weighted by Gasteiger charge is 2.40. The Morgan fingerprint density at radius 2 is 1.74 bits per heavy atom. The molecule has 1 unspecified atom stereocenters. The molecule has 0 radical (unpaired) electrons. The number of hydrogen-bond donors (Lipinski definition) is 1. The fourth-order valence-electron chi connectivity index (χ4n) is 2.38. The second kappa shape index (κ2) is 3.95. The molecular formula is C14H9N3O2. The smallest absolute Gasteiger partial charge is 0.324 e. The van der Waals surface area contributed by atoms with E-state index in [1.807, 2.05) is 0 Å². The standard InChI is InChI=1S/C14H9N3O2/c15-10-6-5-9-11(12(10)17-16)14(19)8-4-2-1-3-7(8)13(9)18/h1-6,10H,15H2. The summed E-state index contributed by atoms with van der Waals surface area (Å²) in [6.07, 6.45) is 3.05. The van der Waals surface area contributed by atoms with Crippen LogP contribution in [0.3, 0.4) is 0 Å². The van der Waals surface area contributed by atoms with E-state index in [4.69, 9.17) is 11.3 Å². The zero-order valence-corrected chi connectivity index (χ0v) is 9.83. The minimum absolute atomic E-state index is 0.0327. The number of benzene rings is 1. The first-order chi connectivity index (χ1) is 9.15. The zero-order chi connectivity index (χ0) is 13.6. The lowest BCUT2D eigenvalue weighted by molar-refractivity contribution is -0.00777. The van der Waals surface area contributed by atoms with Gasteiger partial charge in [0.2, 0.25) is 5.78 Å². The number of carbonyl (C=O) groups excluding carboxylic acids is 2. The molecule has 1 atom stereocenters. The Hall–Kier alpha value is -2.62. The molecule has 0 saturated heterocycles. The Morgan fingerprint density at radius 1 is 1.11 bits per heavy atom. The molecule has 0 bridgehead atoms. The highest BCUT2D eigenvalue weighted by atomic mass is 16.1. The van der Waals surface area contributed by atoms with Crippen LogP contribution in [0.15, 0.2) is 47.6 Å². The van der Waals surface area contributed by atoms with E-state index < -0.39 is 6.04 Å². The summed E-state index contributed by atoms with van der Waals surface area (Å²) in [5.74, 6) is -0.590. The summed E-state index contributed by atoms with van der Waals surface area (Å²) in [5.41, 5.74) is 15.8. The van der Waals surface area contributed by atoms with Gasteiger partial charge in [0.1, 0.15) is 11.6 Å². The van der Waals surface area contributed by atoms with Crippen LogP contribution >= 0.6 is 0 Å². The van der Waals surface area contributed by atoms with Crippen LogP contribution in [-0.4, -0.2) is 28.1 Å². The first-order valence-corrected chi connectivity index (χ1v) is 5.74. The van der Waals surface area contributed by atoms with Gasteiger partial charge in [-0.3, -0.25) is 9.59 Å². The van der Waals surface area contributed by atoms with Crippen molar-refractivity contribution in [3.63, 3.8) is 0 Å². The molecule has 0 aromatic heterocycles. The van der Waals surface area contributed by atoms with Crippen molar-refractivity contribution in [2.75, 3.05) is 0 Å². The summed E-state index contributed by atoms with van der Waals surface area (Å²) in [6.45, 7) is 0. The number of Topliss-reactive ketones (excluding diaryl/α,β-unsaturated/α-hetero) is 2. The first-order valence-electron chi connectivity index (χ1n) is 5.74. The molecule has 1 aromatic rings. The van der Waals surface area contributed by atoms with E-state index in [2.05, 4.69) is 4.79 Å². The Balaban J connectivity index is 2.32. The van der Waals surface area contributed by atoms with Crippen molar-refractivity contribution < 1.29 is 14.4 Å². The molecule has 1 aromatic carbocycles. The number of nitrogens with two attached hydrogens (primary N) is 1. The molecule has 2 aliphatic carbocycles. The number of rotatable bonds is 0. The van der Waals surface area contributed by atoms with Crippen LogP contribution in [0.4, 0.5) is 0 Å². The van der Waals surface area contributed by atoms with Crippen molar-refractivity contribution >= 4 is 17.3 Å².